The number of carbonyl (C=O) groups excluding carboxylic acids is 1. The van der Waals surface area contributed by atoms with Gasteiger partial charge in [-0.1, -0.05) is 12.8 Å². The molecule has 0 spiro atoms. The number of anilines is 1. The SMILES string of the molecule is O=C(Nc1ccnn1C1CCCC1)c1cc(Br)c(Br)s1. The molecule has 1 saturated carbocycles. The van der Waals surface area contributed by atoms with Crippen LogP contribution < -0.4 is 5.32 Å². The van der Waals surface area contributed by atoms with Gasteiger partial charge in [-0.15, -0.1) is 11.3 Å². The Bertz CT molecular complexity index is 612. The predicted octanol–water partition coefficient (Wildman–Crippen LogP) is 4.84. The van der Waals surface area contributed by atoms with Crippen LogP contribution in [0.25, 0.3) is 0 Å². The molecule has 0 atom stereocenters. The van der Waals surface area contributed by atoms with E-state index in [0.717, 1.165) is 26.9 Å². The fourth-order valence-electron chi connectivity index (χ4n) is 2.49. The lowest BCUT2D eigenvalue weighted by molar-refractivity contribution is 0.102. The Labute approximate surface area is 137 Å². The van der Waals surface area contributed by atoms with Crippen molar-refractivity contribution in [3.63, 3.8) is 0 Å². The van der Waals surface area contributed by atoms with Gasteiger partial charge in [0.1, 0.15) is 5.82 Å². The van der Waals surface area contributed by atoms with Gasteiger partial charge in [0.25, 0.3) is 5.91 Å². The lowest BCUT2D eigenvalue weighted by atomic mass is 10.2. The molecule has 0 unspecified atom stereocenters. The van der Waals surface area contributed by atoms with E-state index in [1.165, 1.54) is 24.2 Å². The maximum absolute atomic E-state index is 12.3. The van der Waals surface area contributed by atoms with Crippen LogP contribution in [-0.4, -0.2) is 15.7 Å². The summed E-state index contributed by atoms with van der Waals surface area (Å²) in [6, 6.07) is 4.09. The smallest absolute Gasteiger partial charge is 0.266 e. The predicted molar refractivity (Wildman–Crippen MR) is 87.4 cm³/mol. The highest BCUT2D eigenvalue weighted by molar-refractivity contribution is 9.13. The van der Waals surface area contributed by atoms with Crippen molar-refractivity contribution in [1.29, 1.82) is 0 Å². The molecule has 2 aromatic rings. The zero-order valence-corrected chi connectivity index (χ0v) is 14.6. The van der Waals surface area contributed by atoms with Gasteiger partial charge >= 0.3 is 0 Å². The van der Waals surface area contributed by atoms with Crippen LogP contribution in [0.1, 0.15) is 41.4 Å². The van der Waals surface area contributed by atoms with Crippen LogP contribution in [0.2, 0.25) is 0 Å². The molecule has 2 aromatic heterocycles. The Morgan fingerprint density at radius 3 is 2.80 bits per heavy atom. The molecule has 0 aliphatic heterocycles. The van der Waals surface area contributed by atoms with Crippen LogP contribution in [0.4, 0.5) is 5.82 Å². The molecule has 106 valence electrons. The lowest BCUT2D eigenvalue weighted by Gasteiger charge is -2.14. The molecule has 1 fully saturated rings. The zero-order chi connectivity index (χ0) is 14.1. The average Bonchev–Trinajstić information content (AvgIpc) is 3.11. The second kappa shape index (κ2) is 5.99. The summed E-state index contributed by atoms with van der Waals surface area (Å²) < 4.78 is 3.77. The molecule has 4 nitrogen and oxygen atoms in total. The van der Waals surface area contributed by atoms with Crippen molar-refractivity contribution >= 4 is 54.9 Å². The molecular formula is C13H13Br2N3OS. The molecule has 1 aliphatic carbocycles. The van der Waals surface area contributed by atoms with Gasteiger partial charge in [0.05, 0.1) is 20.9 Å². The van der Waals surface area contributed by atoms with Gasteiger partial charge in [-0.25, -0.2) is 4.68 Å². The van der Waals surface area contributed by atoms with Crippen molar-refractivity contribution in [3.05, 3.63) is 31.5 Å². The highest BCUT2D eigenvalue weighted by Crippen LogP contribution is 2.34. The van der Waals surface area contributed by atoms with E-state index >= 15 is 0 Å². The highest BCUT2D eigenvalue weighted by Gasteiger charge is 2.21. The van der Waals surface area contributed by atoms with Crippen molar-refractivity contribution in [2.45, 2.75) is 31.7 Å². The maximum Gasteiger partial charge on any atom is 0.266 e. The summed E-state index contributed by atoms with van der Waals surface area (Å²) in [5, 5.41) is 7.31. The molecule has 7 heteroatoms. The average molecular weight is 419 g/mol. The Kier molecular flexibility index (Phi) is 4.28. The molecule has 0 radical (unpaired) electrons. The molecule has 1 aliphatic rings. The summed E-state index contributed by atoms with van der Waals surface area (Å²) in [4.78, 5) is 12.9. The van der Waals surface area contributed by atoms with Crippen LogP contribution in [0.15, 0.2) is 26.6 Å². The number of rotatable bonds is 3. The molecule has 0 saturated heterocycles. The van der Waals surface area contributed by atoms with E-state index in [2.05, 4.69) is 42.3 Å². The Morgan fingerprint density at radius 1 is 1.40 bits per heavy atom. The summed E-state index contributed by atoms with van der Waals surface area (Å²) in [6.07, 6.45) is 6.50. The first kappa shape index (κ1) is 14.3. The normalized spacial score (nSPS) is 15.7. The third kappa shape index (κ3) is 2.84. The van der Waals surface area contributed by atoms with Gasteiger partial charge in [0, 0.05) is 10.5 Å². The van der Waals surface area contributed by atoms with Crippen LogP contribution in [0, 0.1) is 0 Å². The number of thiophene rings is 1. The molecule has 0 aromatic carbocycles. The number of nitrogens with one attached hydrogen (secondary N) is 1. The minimum Gasteiger partial charge on any atom is -0.306 e. The third-order valence-corrected chi connectivity index (χ3v) is 6.71. The fourth-order valence-corrected chi connectivity index (χ4v) is 4.42. The quantitative estimate of drug-likeness (QED) is 0.775. The van der Waals surface area contributed by atoms with Crippen LogP contribution in [-0.2, 0) is 0 Å². The molecule has 0 bridgehead atoms. The van der Waals surface area contributed by atoms with E-state index in [0.29, 0.717) is 10.9 Å². The number of carbonyl (C=O) groups is 1. The van der Waals surface area contributed by atoms with E-state index < -0.39 is 0 Å². The summed E-state index contributed by atoms with van der Waals surface area (Å²) >= 11 is 8.21. The molecule has 3 rings (SSSR count). The Morgan fingerprint density at radius 2 is 2.15 bits per heavy atom. The summed E-state index contributed by atoms with van der Waals surface area (Å²) in [5.41, 5.74) is 0. The van der Waals surface area contributed by atoms with Gasteiger partial charge in [0.15, 0.2) is 0 Å². The topological polar surface area (TPSA) is 46.9 Å². The Balaban J connectivity index is 1.77. The number of halogens is 2. The largest absolute Gasteiger partial charge is 0.306 e. The van der Waals surface area contributed by atoms with Gasteiger partial charge in [-0.3, -0.25) is 4.79 Å². The van der Waals surface area contributed by atoms with Gasteiger partial charge in [-0.2, -0.15) is 5.10 Å². The van der Waals surface area contributed by atoms with Gasteiger partial charge < -0.3 is 5.32 Å². The molecule has 1 amide bonds. The maximum atomic E-state index is 12.3. The van der Waals surface area contributed by atoms with Crippen LogP contribution in [0.3, 0.4) is 0 Å². The standard InChI is InChI=1S/C13H13Br2N3OS/c14-9-7-10(20-12(9)15)13(19)17-11-5-6-16-18(11)8-3-1-2-4-8/h5-8H,1-4H2,(H,17,19). The Hall–Kier alpha value is -0.660. The van der Waals surface area contributed by atoms with E-state index in [9.17, 15) is 4.79 Å². The van der Waals surface area contributed by atoms with Crippen molar-refractivity contribution in [3.8, 4) is 0 Å². The van der Waals surface area contributed by atoms with E-state index in [-0.39, 0.29) is 5.91 Å². The number of aromatic nitrogens is 2. The fraction of sp³-hybridized carbons (Fsp3) is 0.385. The number of hydrogen-bond acceptors (Lipinski definition) is 3. The van der Waals surface area contributed by atoms with E-state index in [4.69, 9.17) is 0 Å². The van der Waals surface area contributed by atoms with E-state index in [1.807, 2.05) is 16.8 Å². The van der Waals surface area contributed by atoms with Crippen LogP contribution in [0.5, 0.6) is 0 Å². The second-order valence-corrected chi connectivity index (χ2v) is 8.01. The van der Waals surface area contributed by atoms with E-state index in [1.54, 1.807) is 6.20 Å². The van der Waals surface area contributed by atoms with Gasteiger partial charge in [-0.05, 0) is 50.8 Å². The minimum absolute atomic E-state index is 0.0962. The number of nitrogens with zero attached hydrogens (tertiary/aromatic N) is 2. The van der Waals surface area contributed by atoms with Crippen molar-refractivity contribution in [1.82, 2.24) is 9.78 Å². The first-order chi connectivity index (χ1) is 9.65. The molecule has 1 N–H and O–H groups in total. The lowest BCUT2D eigenvalue weighted by Crippen LogP contribution is -2.16. The third-order valence-electron chi connectivity index (χ3n) is 3.45. The summed E-state index contributed by atoms with van der Waals surface area (Å²) in [5.74, 6) is 0.684. The van der Waals surface area contributed by atoms with Crippen molar-refractivity contribution in [2.75, 3.05) is 5.32 Å². The monoisotopic (exact) mass is 417 g/mol. The summed E-state index contributed by atoms with van der Waals surface area (Å²) in [6.45, 7) is 0. The summed E-state index contributed by atoms with van der Waals surface area (Å²) in [7, 11) is 0. The molecule has 2 heterocycles. The highest BCUT2D eigenvalue weighted by atomic mass is 79.9. The molecule has 20 heavy (non-hydrogen) atoms. The first-order valence-electron chi connectivity index (χ1n) is 6.45. The number of hydrogen-bond donors (Lipinski definition) is 1. The zero-order valence-electron chi connectivity index (χ0n) is 10.6. The van der Waals surface area contributed by atoms with Crippen molar-refractivity contribution in [2.24, 2.45) is 0 Å². The van der Waals surface area contributed by atoms with Gasteiger partial charge in [0.2, 0.25) is 0 Å². The van der Waals surface area contributed by atoms with Crippen LogP contribution >= 0.6 is 43.2 Å². The number of amides is 1. The molecular weight excluding hydrogens is 406 g/mol. The second-order valence-electron chi connectivity index (χ2n) is 4.79. The first-order valence-corrected chi connectivity index (χ1v) is 8.85. The minimum atomic E-state index is -0.0962. The van der Waals surface area contributed by atoms with Crippen molar-refractivity contribution < 1.29 is 4.79 Å².